The van der Waals surface area contributed by atoms with Crippen LogP contribution in [0.3, 0.4) is 0 Å². The van der Waals surface area contributed by atoms with E-state index in [0.717, 1.165) is 19.3 Å². The molecule has 5 heteroatoms. The summed E-state index contributed by atoms with van der Waals surface area (Å²) in [6.45, 7) is 1.37. The normalized spacial score (nSPS) is 12.4. The van der Waals surface area contributed by atoms with Gasteiger partial charge in [-0.2, -0.15) is 13.2 Å². The SMILES string of the molecule is CCCCCN(CCO)CC(F)(F)F. The maximum Gasteiger partial charge on any atom is 0.401 e. The molecule has 0 aromatic rings. The third-order valence-electron chi connectivity index (χ3n) is 1.90. The Hall–Kier alpha value is -0.290. The summed E-state index contributed by atoms with van der Waals surface area (Å²) in [5.74, 6) is 0. The summed E-state index contributed by atoms with van der Waals surface area (Å²) >= 11 is 0. The second-order valence-corrected chi connectivity index (χ2v) is 3.32. The smallest absolute Gasteiger partial charge is 0.395 e. The molecule has 14 heavy (non-hydrogen) atoms. The first-order valence-electron chi connectivity index (χ1n) is 4.89. The fourth-order valence-corrected chi connectivity index (χ4v) is 1.25. The number of hydrogen-bond acceptors (Lipinski definition) is 2. The molecule has 0 bridgehead atoms. The maximum absolute atomic E-state index is 12.0. The Labute approximate surface area is 82.7 Å². The highest BCUT2D eigenvalue weighted by Crippen LogP contribution is 2.16. The third-order valence-corrected chi connectivity index (χ3v) is 1.90. The van der Waals surface area contributed by atoms with Gasteiger partial charge in [0.05, 0.1) is 13.2 Å². The Morgan fingerprint density at radius 2 is 1.79 bits per heavy atom. The number of aliphatic hydroxyl groups excluding tert-OH is 1. The average molecular weight is 213 g/mol. The maximum atomic E-state index is 12.0. The molecule has 0 saturated carbocycles. The van der Waals surface area contributed by atoms with Gasteiger partial charge in [-0.15, -0.1) is 0 Å². The van der Waals surface area contributed by atoms with E-state index >= 15 is 0 Å². The van der Waals surface area contributed by atoms with Gasteiger partial charge in [0, 0.05) is 6.54 Å². The van der Waals surface area contributed by atoms with Crippen LogP contribution in [0.15, 0.2) is 0 Å². The molecule has 0 saturated heterocycles. The largest absolute Gasteiger partial charge is 0.401 e. The van der Waals surface area contributed by atoms with Crippen molar-refractivity contribution in [3.8, 4) is 0 Å². The molecule has 0 fully saturated rings. The van der Waals surface area contributed by atoms with Gasteiger partial charge in [0.1, 0.15) is 0 Å². The number of rotatable bonds is 7. The van der Waals surface area contributed by atoms with E-state index in [4.69, 9.17) is 5.11 Å². The lowest BCUT2D eigenvalue weighted by atomic mass is 10.2. The standard InChI is InChI=1S/C9H18F3NO/c1-2-3-4-5-13(6-7-14)8-9(10,11)12/h14H,2-8H2,1H3. The predicted molar refractivity (Wildman–Crippen MR) is 49.1 cm³/mol. The average Bonchev–Trinajstić information content (AvgIpc) is 2.02. The van der Waals surface area contributed by atoms with Gasteiger partial charge >= 0.3 is 6.18 Å². The lowest BCUT2D eigenvalue weighted by molar-refractivity contribution is -0.146. The second kappa shape index (κ2) is 7.06. The Kier molecular flexibility index (Phi) is 6.92. The number of alkyl halides is 3. The summed E-state index contributed by atoms with van der Waals surface area (Å²) in [6.07, 6.45) is -1.49. The van der Waals surface area contributed by atoms with Crippen molar-refractivity contribution in [3.05, 3.63) is 0 Å². The highest BCUT2D eigenvalue weighted by Gasteiger charge is 2.29. The van der Waals surface area contributed by atoms with Crippen LogP contribution < -0.4 is 0 Å². The van der Waals surface area contributed by atoms with Crippen LogP contribution in [0.5, 0.6) is 0 Å². The van der Waals surface area contributed by atoms with Crippen LogP contribution in [-0.4, -0.2) is 42.4 Å². The van der Waals surface area contributed by atoms with Crippen molar-refractivity contribution in [2.24, 2.45) is 0 Å². The van der Waals surface area contributed by atoms with E-state index in [1.807, 2.05) is 6.92 Å². The summed E-state index contributed by atoms with van der Waals surface area (Å²) in [4.78, 5) is 1.25. The third kappa shape index (κ3) is 8.31. The van der Waals surface area contributed by atoms with Crippen molar-refractivity contribution < 1.29 is 18.3 Å². The number of unbranched alkanes of at least 4 members (excludes halogenated alkanes) is 2. The van der Waals surface area contributed by atoms with E-state index in [-0.39, 0.29) is 13.2 Å². The zero-order valence-corrected chi connectivity index (χ0v) is 8.48. The molecule has 86 valence electrons. The topological polar surface area (TPSA) is 23.5 Å². The van der Waals surface area contributed by atoms with Crippen LogP contribution in [0.2, 0.25) is 0 Å². The quantitative estimate of drug-likeness (QED) is 0.654. The van der Waals surface area contributed by atoms with E-state index in [9.17, 15) is 13.2 Å². The van der Waals surface area contributed by atoms with E-state index in [1.54, 1.807) is 0 Å². The van der Waals surface area contributed by atoms with Crippen LogP contribution in [0.1, 0.15) is 26.2 Å². The van der Waals surface area contributed by atoms with Gasteiger partial charge in [0.15, 0.2) is 0 Å². The molecule has 0 aliphatic heterocycles. The Bertz CT molecular complexity index is 139. The minimum atomic E-state index is -4.17. The van der Waals surface area contributed by atoms with Crippen molar-refractivity contribution in [3.63, 3.8) is 0 Å². The molecule has 0 rings (SSSR count). The highest BCUT2D eigenvalue weighted by atomic mass is 19.4. The predicted octanol–water partition coefficient (Wildman–Crippen LogP) is 2.03. The van der Waals surface area contributed by atoms with Gasteiger partial charge in [-0.05, 0) is 13.0 Å². The molecular formula is C9H18F3NO. The molecule has 0 aliphatic carbocycles. The molecule has 0 unspecified atom stereocenters. The van der Waals surface area contributed by atoms with Crippen LogP contribution in [0.25, 0.3) is 0 Å². The first-order valence-corrected chi connectivity index (χ1v) is 4.89. The molecule has 0 spiro atoms. The molecule has 0 amide bonds. The first kappa shape index (κ1) is 13.7. The van der Waals surface area contributed by atoms with E-state index in [2.05, 4.69) is 0 Å². The Morgan fingerprint density at radius 3 is 2.21 bits per heavy atom. The number of halogens is 3. The molecular weight excluding hydrogens is 195 g/mol. The van der Waals surface area contributed by atoms with E-state index < -0.39 is 12.7 Å². The van der Waals surface area contributed by atoms with Gasteiger partial charge < -0.3 is 5.11 Å². The zero-order chi connectivity index (χ0) is 11.0. The summed E-state index contributed by atoms with van der Waals surface area (Å²) in [7, 11) is 0. The number of nitrogens with zero attached hydrogens (tertiary/aromatic N) is 1. The molecule has 0 aliphatic rings. The monoisotopic (exact) mass is 213 g/mol. The minimum absolute atomic E-state index is 0.100. The molecule has 0 radical (unpaired) electrons. The van der Waals surface area contributed by atoms with Crippen molar-refractivity contribution in [2.45, 2.75) is 32.4 Å². The molecule has 0 aromatic carbocycles. The molecule has 0 heterocycles. The Balaban J connectivity index is 3.77. The van der Waals surface area contributed by atoms with Crippen LogP contribution in [0.4, 0.5) is 13.2 Å². The van der Waals surface area contributed by atoms with E-state index in [1.165, 1.54) is 4.90 Å². The van der Waals surface area contributed by atoms with Crippen molar-refractivity contribution >= 4 is 0 Å². The van der Waals surface area contributed by atoms with Gasteiger partial charge in [-0.1, -0.05) is 19.8 Å². The number of aliphatic hydroxyl groups is 1. The van der Waals surface area contributed by atoms with Gasteiger partial charge in [0.25, 0.3) is 0 Å². The summed E-state index contributed by atoms with van der Waals surface area (Å²) < 4.78 is 36.0. The summed E-state index contributed by atoms with van der Waals surface area (Å²) in [6, 6.07) is 0. The lowest BCUT2D eigenvalue weighted by Crippen LogP contribution is -2.36. The molecule has 2 nitrogen and oxygen atoms in total. The number of hydrogen-bond donors (Lipinski definition) is 1. The van der Waals surface area contributed by atoms with Crippen LogP contribution in [-0.2, 0) is 0 Å². The fourth-order valence-electron chi connectivity index (χ4n) is 1.25. The Morgan fingerprint density at radius 1 is 1.14 bits per heavy atom. The zero-order valence-electron chi connectivity index (χ0n) is 8.48. The first-order chi connectivity index (χ1) is 6.49. The summed E-state index contributed by atoms with van der Waals surface area (Å²) in [5.41, 5.74) is 0. The van der Waals surface area contributed by atoms with Crippen LogP contribution >= 0.6 is 0 Å². The highest BCUT2D eigenvalue weighted by molar-refractivity contribution is 4.62. The molecule has 1 N–H and O–H groups in total. The van der Waals surface area contributed by atoms with E-state index in [0.29, 0.717) is 6.54 Å². The van der Waals surface area contributed by atoms with Gasteiger partial charge in [0.2, 0.25) is 0 Å². The second-order valence-electron chi connectivity index (χ2n) is 3.32. The van der Waals surface area contributed by atoms with Crippen molar-refractivity contribution in [1.29, 1.82) is 0 Å². The molecule has 0 atom stereocenters. The fraction of sp³-hybridized carbons (Fsp3) is 1.00. The van der Waals surface area contributed by atoms with Crippen LogP contribution in [0, 0.1) is 0 Å². The summed E-state index contributed by atoms with van der Waals surface area (Å²) in [5, 5.41) is 8.58. The van der Waals surface area contributed by atoms with Gasteiger partial charge in [-0.3, -0.25) is 4.90 Å². The van der Waals surface area contributed by atoms with Crippen molar-refractivity contribution in [2.75, 3.05) is 26.2 Å². The minimum Gasteiger partial charge on any atom is -0.395 e. The molecule has 0 aromatic heterocycles. The van der Waals surface area contributed by atoms with Gasteiger partial charge in [-0.25, -0.2) is 0 Å². The van der Waals surface area contributed by atoms with Crippen molar-refractivity contribution in [1.82, 2.24) is 4.90 Å². The lowest BCUT2D eigenvalue weighted by Gasteiger charge is -2.22.